The van der Waals surface area contributed by atoms with Crippen molar-refractivity contribution in [3.8, 4) is 0 Å². The van der Waals surface area contributed by atoms with Gasteiger partial charge in [0.15, 0.2) is 5.78 Å². The van der Waals surface area contributed by atoms with E-state index in [1.54, 1.807) is 6.07 Å². The molecule has 0 radical (unpaired) electrons. The Morgan fingerprint density at radius 1 is 1.05 bits per heavy atom. The summed E-state index contributed by atoms with van der Waals surface area (Å²) in [6.07, 6.45) is 1.94. The van der Waals surface area contributed by atoms with Crippen LogP contribution in [0.2, 0.25) is 5.02 Å². The number of hydrogen-bond donors (Lipinski definition) is 0. The fraction of sp³-hybridized carbons (Fsp3) is 0.188. The number of aryl methyl sites for hydroxylation is 1. The Morgan fingerprint density at radius 3 is 2.53 bits per heavy atom. The van der Waals surface area contributed by atoms with E-state index in [9.17, 15) is 9.18 Å². The molecule has 2 aromatic rings. The van der Waals surface area contributed by atoms with Crippen LogP contribution < -0.4 is 0 Å². The molecule has 0 N–H and O–H groups in total. The molecule has 19 heavy (non-hydrogen) atoms. The second-order valence-electron chi connectivity index (χ2n) is 4.36. The molecule has 0 saturated heterocycles. The van der Waals surface area contributed by atoms with Gasteiger partial charge >= 0.3 is 0 Å². The molecule has 0 aromatic heterocycles. The fourth-order valence-corrected chi connectivity index (χ4v) is 2.18. The standard InChI is InChI=1S/C16H14ClFO/c17-16-13(9-5-10-14(16)18)15(19)11-4-8-12-6-2-1-3-7-12/h1-3,5-7,9-10H,4,8,11H2. The molecule has 0 aliphatic carbocycles. The Morgan fingerprint density at radius 2 is 1.79 bits per heavy atom. The second-order valence-corrected chi connectivity index (χ2v) is 4.74. The highest BCUT2D eigenvalue weighted by atomic mass is 35.5. The monoisotopic (exact) mass is 276 g/mol. The summed E-state index contributed by atoms with van der Waals surface area (Å²) in [6, 6.07) is 14.3. The maximum absolute atomic E-state index is 13.2. The summed E-state index contributed by atoms with van der Waals surface area (Å²) in [6.45, 7) is 0. The van der Waals surface area contributed by atoms with E-state index in [2.05, 4.69) is 0 Å². The topological polar surface area (TPSA) is 17.1 Å². The number of hydrogen-bond acceptors (Lipinski definition) is 1. The molecular formula is C16H14ClFO. The molecule has 2 rings (SSSR count). The third kappa shape index (κ3) is 3.65. The zero-order valence-corrected chi connectivity index (χ0v) is 11.2. The summed E-state index contributed by atoms with van der Waals surface area (Å²) in [5, 5.41) is -0.0767. The summed E-state index contributed by atoms with van der Waals surface area (Å²) in [4.78, 5) is 12.0. The normalized spacial score (nSPS) is 10.4. The van der Waals surface area contributed by atoms with E-state index in [1.807, 2.05) is 30.3 Å². The highest BCUT2D eigenvalue weighted by Crippen LogP contribution is 2.21. The quantitative estimate of drug-likeness (QED) is 0.725. The summed E-state index contributed by atoms with van der Waals surface area (Å²) in [5.74, 6) is -0.656. The molecule has 0 fully saturated rings. The average Bonchev–Trinajstić information content (AvgIpc) is 2.43. The number of Topliss-reactive ketones (excluding diaryl/α,β-unsaturated/α-hetero) is 1. The van der Waals surface area contributed by atoms with Gasteiger partial charge in [0.05, 0.1) is 5.02 Å². The Labute approximate surface area is 117 Å². The molecule has 1 nitrogen and oxygen atoms in total. The van der Waals surface area contributed by atoms with Gasteiger partial charge in [-0.2, -0.15) is 0 Å². The van der Waals surface area contributed by atoms with Crippen molar-refractivity contribution < 1.29 is 9.18 Å². The third-order valence-corrected chi connectivity index (χ3v) is 3.35. The van der Waals surface area contributed by atoms with E-state index in [0.29, 0.717) is 6.42 Å². The van der Waals surface area contributed by atoms with E-state index < -0.39 is 5.82 Å². The molecule has 0 atom stereocenters. The highest BCUT2D eigenvalue weighted by molar-refractivity contribution is 6.34. The molecule has 0 aliphatic heterocycles. The zero-order valence-electron chi connectivity index (χ0n) is 10.4. The first-order valence-electron chi connectivity index (χ1n) is 6.19. The lowest BCUT2D eigenvalue weighted by Gasteiger charge is -2.04. The van der Waals surface area contributed by atoms with E-state index in [0.717, 1.165) is 12.8 Å². The van der Waals surface area contributed by atoms with Crippen molar-refractivity contribution in [2.45, 2.75) is 19.3 Å². The lowest BCUT2D eigenvalue weighted by atomic mass is 10.0. The number of ketones is 1. The summed E-state index contributed by atoms with van der Waals surface area (Å²) >= 11 is 5.79. The van der Waals surface area contributed by atoms with Crippen molar-refractivity contribution in [1.29, 1.82) is 0 Å². The van der Waals surface area contributed by atoms with Gasteiger partial charge in [-0.1, -0.05) is 48.0 Å². The summed E-state index contributed by atoms with van der Waals surface area (Å²) in [5.41, 5.74) is 1.47. The minimum Gasteiger partial charge on any atom is -0.294 e. The largest absolute Gasteiger partial charge is 0.294 e. The minimum absolute atomic E-state index is 0.0767. The Kier molecular flexibility index (Phi) is 4.69. The van der Waals surface area contributed by atoms with Crippen LogP contribution >= 0.6 is 11.6 Å². The predicted molar refractivity (Wildman–Crippen MR) is 75.1 cm³/mol. The van der Waals surface area contributed by atoms with Crippen molar-refractivity contribution >= 4 is 17.4 Å². The fourth-order valence-electron chi connectivity index (χ4n) is 1.95. The van der Waals surface area contributed by atoms with Crippen LogP contribution in [0.15, 0.2) is 48.5 Å². The first-order chi connectivity index (χ1) is 9.18. The van der Waals surface area contributed by atoms with E-state index >= 15 is 0 Å². The van der Waals surface area contributed by atoms with Crippen LogP contribution in [0.5, 0.6) is 0 Å². The van der Waals surface area contributed by atoms with Crippen LogP contribution in [0.4, 0.5) is 4.39 Å². The molecule has 0 unspecified atom stereocenters. The van der Waals surface area contributed by atoms with Gasteiger partial charge in [0.25, 0.3) is 0 Å². The smallest absolute Gasteiger partial charge is 0.164 e. The Hall–Kier alpha value is -1.67. The predicted octanol–water partition coefficient (Wildman–Crippen LogP) is 4.68. The number of halogens is 2. The van der Waals surface area contributed by atoms with Gasteiger partial charge in [-0.3, -0.25) is 4.79 Å². The lowest BCUT2D eigenvalue weighted by molar-refractivity contribution is 0.0980. The van der Waals surface area contributed by atoms with Crippen LogP contribution in [0.1, 0.15) is 28.8 Å². The molecule has 0 bridgehead atoms. The molecule has 0 saturated carbocycles. The molecule has 0 aliphatic rings. The Balaban J connectivity index is 1.93. The Bertz CT molecular complexity index is 566. The average molecular weight is 277 g/mol. The molecule has 0 amide bonds. The number of carbonyl (C=O) groups is 1. The number of benzene rings is 2. The zero-order chi connectivity index (χ0) is 13.7. The van der Waals surface area contributed by atoms with Crippen LogP contribution in [0, 0.1) is 5.82 Å². The molecule has 3 heteroatoms. The van der Waals surface area contributed by atoms with Crippen LogP contribution in [0.25, 0.3) is 0 Å². The first kappa shape index (κ1) is 13.8. The van der Waals surface area contributed by atoms with Gasteiger partial charge in [-0.05, 0) is 30.5 Å². The third-order valence-electron chi connectivity index (χ3n) is 2.96. The van der Waals surface area contributed by atoms with Gasteiger partial charge in [-0.15, -0.1) is 0 Å². The van der Waals surface area contributed by atoms with Crippen molar-refractivity contribution in [2.24, 2.45) is 0 Å². The van der Waals surface area contributed by atoms with E-state index in [-0.39, 0.29) is 16.4 Å². The molecule has 2 aromatic carbocycles. The summed E-state index contributed by atoms with van der Waals surface area (Å²) in [7, 11) is 0. The van der Waals surface area contributed by atoms with Crippen molar-refractivity contribution in [3.63, 3.8) is 0 Å². The van der Waals surface area contributed by atoms with Crippen LogP contribution in [-0.4, -0.2) is 5.78 Å². The van der Waals surface area contributed by atoms with Gasteiger partial charge < -0.3 is 0 Å². The maximum Gasteiger partial charge on any atom is 0.164 e. The second kappa shape index (κ2) is 6.48. The van der Waals surface area contributed by atoms with Gasteiger partial charge in [0.1, 0.15) is 5.82 Å². The number of rotatable bonds is 5. The molecule has 0 heterocycles. The van der Waals surface area contributed by atoms with Crippen molar-refractivity contribution in [3.05, 3.63) is 70.5 Å². The maximum atomic E-state index is 13.2. The minimum atomic E-state index is -0.546. The van der Waals surface area contributed by atoms with E-state index in [4.69, 9.17) is 11.6 Å². The van der Waals surface area contributed by atoms with Crippen LogP contribution in [0.3, 0.4) is 0 Å². The molecule has 0 spiro atoms. The van der Waals surface area contributed by atoms with Crippen LogP contribution in [-0.2, 0) is 6.42 Å². The van der Waals surface area contributed by atoms with Gasteiger partial charge in [-0.25, -0.2) is 4.39 Å². The highest BCUT2D eigenvalue weighted by Gasteiger charge is 2.12. The first-order valence-corrected chi connectivity index (χ1v) is 6.57. The number of carbonyl (C=O) groups excluding carboxylic acids is 1. The van der Waals surface area contributed by atoms with E-state index in [1.165, 1.54) is 17.7 Å². The van der Waals surface area contributed by atoms with Crippen molar-refractivity contribution in [1.82, 2.24) is 0 Å². The molecular weight excluding hydrogens is 263 g/mol. The SMILES string of the molecule is O=C(CCCc1ccccc1)c1cccc(F)c1Cl. The lowest BCUT2D eigenvalue weighted by Crippen LogP contribution is -2.02. The summed E-state index contributed by atoms with van der Waals surface area (Å²) < 4.78 is 13.2. The van der Waals surface area contributed by atoms with Crippen molar-refractivity contribution in [2.75, 3.05) is 0 Å². The van der Waals surface area contributed by atoms with Gasteiger partial charge in [0.2, 0.25) is 0 Å². The molecule has 98 valence electrons. The van der Waals surface area contributed by atoms with Gasteiger partial charge in [0, 0.05) is 12.0 Å².